The average molecular weight is 350 g/mol. The minimum atomic E-state index is 0.193. The zero-order chi connectivity index (χ0) is 17.8. The molecule has 0 spiro atoms. The number of aromatic nitrogens is 3. The number of phenols is 1. The predicted molar refractivity (Wildman–Crippen MR) is 103 cm³/mol. The molecule has 3 rings (SSSR count). The van der Waals surface area contributed by atoms with Crippen LogP contribution in [-0.2, 0) is 6.42 Å². The molecule has 0 aliphatic rings. The summed E-state index contributed by atoms with van der Waals surface area (Å²) < 4.78 is 1.92. The van der Waals surface area contributed by atoms with Crippen LogP contribution < -0.4 is 0 Å². The Morgan fingerprint density at radius 2 is 2.04 bits per heavy atom. The maximum atomic E-state index is 10.3. The third-order valence-corrected chi connectivity index (χ3v) is 4.05. The molecule has 0 bridgehead atoms. The van der Waals surface area contributed by atoms with Crippen LogP contribution in [0.2, 0.25) is 0 Å². The number of aryl methyl sites for hydroxylation is 1. The zero-order valence-corrected chi connectivity index (χ0v) is 14.6. The summed E-state index contributed by atoms with van der Waals surface area (Å²) in [6, 6.07) is 13.5. The Labute approximate surface area is 151 Å². The molecule has 1 aromatic heterocycles. The normalized spacial score (nSPS) is 11.1. The first-order valence-corrected chi connectivity index (χ1v) is 8.21. The van der Waals surface area contributed by atoms with Crippen molar-refractivity contribution in [3.63, 3.8) is 0 Å². The minimum Gasteiger partial charge on any atom is -0.507 e. The van der Waals surface area contributed by atoms with E-state index in [2.05, 4.69) is 21.9 Å². The Morgan fingerprint density at radius 3 is 2.76 bits per heavy atom. The molecule has 0 atom stereocenters. The topological polar surface area (TPSA) is 66.2 Å². The van der Waals surface area contributed by atoms with Crippen molar-refractivity contribution in [2.75, 3.05) is 0 Å². The molecule has 0 radical (unpaired) electrons. The van der Waals surface area contributed by atoms with Crippen LogP contribution in [-0.4, -0.2) is 26.2 Å². The molecule has 2 aromatic carbocycles. The number of aromatic amines is 1. The maximum Gasteiger partial charge on any atom is 0.216 e. The van der Waals surface area contributed by atoms with Crippen molar-refractivity contribution in [1.82, 2.24) is 14.9 Å². The standard InChI is InChI=1S/C19H18N4OS/c1-3-5-14-6-4-7-16(17(14)24)12-20-23-18(21-22-19(23)25)15-10-8-13(2)9-11-15/h3-4,6-12,24H,1,5H2,2H3,(H,22,25). The van der Waals surface area contributed by atoms with Crippen LogP contribution in [0.1, 0.15) is 16.7 Å². The second-order valence-corrected chi connectivity index (χ2v) is 6.01. The largest absolute Gasteiger partial charge is 0.507 e. The average Bonchev–Trinajstić information content (AvgIpc) is 2.97. The summed E-state index contributed by atoms with van der Waals surface area (Å²) in [5, 5.41) is 21.8. The molecule has 0 amide bonds. The number of para-hydroxylation sites is 1. The Balaban J connectivity index is 1.99. The van der Waals surface area contributed by atoms with E-state index in [0.717, 1.165) is 16.7 Å². The lowest BCUT2D eigenvalue weighted by Crippen LogP contribution is -1.96. The van der Waals surface area contributed by atoms with Gasteiger partial charge in [0, 0.05) is 11.1 Å². The summed E-state index contributed by atoms with van der Waals surface area (Å²) >= 11 is 5.27. The highest BCUT2D eigenvalue weighted by Crippen LogP contribution is 2.22. The number of hydrogen-bond donors (Lipinski definition) is 2. The van der Waals surface area contributed by atoms with Crippen LogP contribution in [0.3, 0.4) is 0 Å². The molecular formula is C19H18N4OS. The summed E-state index contributed by atoms with van der Waals surface area (Å²) in [6.07, 6.45) is 3.91. The Morgan fingerprint density at radius 1 is 1.28 bits per heavy atom. The first-order chi connectivity index (χ1) is 12.1. The molecule has 3 aromatic rings. The third kappa shape index (κ3) is 3.59. The number of rotatable bonds is 5. The van der Waals surface area contributed by atoms with Crippen molar-refractivity contribution >= 4 is 18.4 Å². The predicted octanol–water partition coefficient (Wildman–Crippen LogP) is 4.23. The summed E-state index contributed by atoms with van der Waals surface area (Å²) in [5.41, 5.74) is 3.47. The van der Waals surface area contributed by atoms with Crippen molar-refractivity contribution in [2.45, 2.75) is 13.3 Å². The van der Waals surface area contributed by atoms with E-state index < -0.39 is 0 Å². The van der Waals surface area contributed by atoms with Crippen molar-refractivity contribution in [1.29, 1.82) is 0 Å². The Kier molecular flexibility index (Phi) is 4.90. The van der Waals surface area contributed by atoms with Crippen molar-refractivity contribution in [3.8, 4) is 17.1 Å². The van der Waals surface area contributed by atoms with E-state index in [9.17, 15) is 5.11 Å². The molecule has 0 saturated heterocycles. The number of aromatic hydroxyl groups is 1. The number of nitrogens with one attached hydrogen (secondary N) is 1. The van der Waals surface area contributed by atoms with Crippen LogP contribution >= 0.6 is 12.2 Å². The van der Waals surface area contributed by atoms with Crippen LogP contribution in [0.4, 0.5) is 0 Å². The quantitative estimate of drug-likeness (QED) is 0.411. The summed E-state index contributed by atoms with van der Waals surface area (Å²) in [5.74, 6) is 0.807. The highest BCUT2D eigenvalue weighted by molar-refractivity contribution is 7.71. The van der Waals surface area contributed by atoms with Gasteiger partial charge in [0.2, 0.25) is 4.77 Å². The van der Waals surface area contributed by atoms with E-state index in [4.69, 9.17) is 12.2 Å². The van der Waals surface area contributed by atoms with E-state index in [-0.39, 0.29) is 5.75 Å². The number of nitrogens with zero attached hydrogens (tertiary/aromatic N) is 3. The zero-order valence-electron chi connectivity index (χ0n) is 13.8. The van der Waals surface area contributed by atoms with Crippen LogP contribution in [0, 0.1) is 11.7 Å². The number of allylic oxidation sites excluding steroid dienone is 1. The van der Waals surface area contributed by atoms with Crippen molar-refractivity contribution in [3.05, 3.63) is 76.6 Å². The van der Waals surface area contributed by atoms with Crippen molar-refractivity contribution in [2.24, 2.45) is 5.10 Å². The highest BCUT2D eigenvalue weighted by atomic mass is 32.1. The minimum absolute atomic E-state index is 0.193. The van der Waals surface area contributed by atoms with Gasteiger partial charge >= 0.3 is 0 Å². The number of benzene rings is 2. The second kappa shape index (κ2) is 7.27. The second-order valence-electron chi connectivity index (χ2n) is 5.62. The van der Waals surface area contributed by atoms with E-state index in [0.29, 0.717) is 22.6 Å². The van der Waals surface area contributed by atoms with Gasteiger partial charge in [0.25, 0.3) is 0 Å². The van der Waals surface area contributed by atoms with E-state index in [1.165, 1.54) is 0 Å². The van der Waals surface area contributed by atoms with Gasteiger partial charge in [-0.25, -0.2) is 5.10 Å². The fourth-order valence-corrected chi connectivity index (χ4v) is 2.62. The van der Waals surface area contributed by atoms with Gasteiger partial charge in [-0.05, 0) is 37.2 Å². The van der Waals surface area contributed by atoms with E-state index in [1.54, 1.807) is 23.0 Å². The Bertz CT molecular complexity index is 983. The summed E-state index contributed by atoms with van der Waals surface area (Å²) in [6.45, 7) is 5.73. The molecule has 5 nitrogen and oxygen atoms in total. The van der Waals surface area contributed by atoms with Crippen LogP contribution in [0.15, 0.2) is 60.2 Å². The molecule has 1 heterocycles. The maximum absolute atomic E-state index is 10.3. The molecular weight excluding hydrogens is 332 g/mol. The molecule has 126 valence electrons. The Hall–Kier alpha value is -2.99. The van der Waals surface area contributed by atoms with Crippen LogP contribution in [0.5, 0.6) is 5.75 Å². The lowest BCUT2D eigenvalue weighted by molar-refractivity contribution is 0.469. The lowest BCUT2D eigenvalue weighted by atomic mass is 10.1. The first-order valence-electron chi connectivity index (χ1n) is 7.80. The van der Waals surface area contributed by atoms with Gasteiger partial charge in [0.1, 0.15) is 5.75 Å². The molecule has 2 N–H and O–H groups in total. The number of H-pyrrole nitrogens is 1. The number of hydrogen-bond acceptors (Lipinski definition) is 4. The van der Waals surface area contributed by atoms with Gasteiger partial charge in [0.15, 0.2) is 5.82 Å². The van der Waals surface area contributed by atoms with Gasteiger partial charge in [-0.1, -0.05) is 48.0 Å². The molecule has 0 aliphatic carbocycles. The summed E-state index contributed by atoms with van der Waals surface area (Å²) in [7, 11) is 0. The van der Waals surface area contributed by atoms with E-state index in [1.807, 2.05) is 43.3 Å². The summed E-state index contributed by atoms with van der Waals surface area (Å²) in [4.78, 5) is 0. The van der Waals surface area contributed by atoms with Gasteiger partial charge in [-0.3, -0.25) is 0 Å². The molecule has 6 heteroatoms. The molecule has 0 fully saturated rings. The van der Waals surface area contributed by atoms with E-state index >= 15 is 0 Å². The fourth-order valence-electron chi connectivity index (χ4n) is 2.44. The van der Waals surface area contributed by atoms with Gasteiger partial charge < -0.3 is 5.11 Å². The third-order valence-electron chi connectivity index (χ3n) is 3.79. The SMILES string of the molecule is C=CCc1cccc(C=Nn2c(-c3ccc(C)cc3)n[nH]c2=S)c1O. The smallest absolute Gasteiger partial charge is 0.216 e. The number of phenolic OH excluding ortho intramolecular Hbond substituents is 1. The fraction of sp³-hybridized carbons (Fsp3) is 0.105. The van der Waals surface area contributed by atoms with Crippen molar-refractivity contribution < 1.29 is 5.11 Å². The highest BCUT2D eigenvalue weighted by Gasteiger charge is 2.09. The van der Waals surface area contributed by atoms with Gasteiger partial charge in [0.05, 0.1) is 6.21 Å². The van der Waals surface area contributed by atoms with Crippen LogP contribution in [0.25, 0.3) is 11.4 Å². The molecule has 0 saturated carbocycles. The monoisotopic (exact) mass is 350 g/mol. The molecule has 0 unspecified atom stereocenters. The van der Waals surface area contributed by atoms with Gasteiger partial charge in [-0.2, -0.15) is 14.9 Å². The molecule has 25 heavy (non-hydrogen) atoms. The molecule has 0 aliphatic heterocycles. The van der Waals surface area contributed by atoms with Gasteiger partial charge in [-0.15, -0.1) is 6.58 Å². The lowest BCUT2D eigenvalue weighted by Gasteiger charge is -2.05. The first kappa shape index (κ1) is 16.9.